The number of aryl methyl sites for hydroxylation is 3. The second-order valence-corrected chi connectivity index (χ2v) is 8.53. The second kappa shape index (κ2) is 16.0. The molecular formula is C29H43N3O2. The Balaban J connectivity index is 0.000000286. The molecule has 2 aromatic carbocycles. The van der Waals surface area contributed by atoms with Crippen LogP contribution in [0.4, 0.5) is 5.69 Å². The van der Waals surface area contributed by atoms with E-state index in [0.29, 0.717) is 0 Å². The zero-order valence-corrected chi connectivity index (χ0v) is 21.4. The van der Waals surface area contributed by atoms with Gasteiger partial charge in [-0.05, 0) is 99.8 Å². The number of benzene rings is 2. The molecule has 2 aliphatic carbocycles. The van der Waals surface area contributed by atoms with Crippen LogP contribution in [-0.4, -0.2) is 37.7 Å². The number of hydrogen-bond acceptors (Lipinski definition) is 4. The first kappa shape index (κ1) is 29.3. The van der Waals surface area contributed by atoms with Gasteiger partial charge in [-0.25, -0.2) is 0 Å². The molecule has 186 valence electrons. The Hall–Kier alpha value is -2.76. The van der Waals surface area contributed by atoms with E-state index < -0.39 is 0 Å². The summed E-state index contributed by atoms with van der Waals surface area (Å²) in [5.41, 5.74) is 14.2. The largest absolute Gasteiger partial charge is 0.333 e. The molecule has 34 heavy (non-hydrogen) atoms. The van der Waals surface area contributed by atoms with E-state index in [0.717, 1.165) is 25.1 Å². The number of nitrogens with one attached hydrogen (secondary N) is 1. The van der Waals surface area contributed by atoms with Crippen molar-refractivity contribution in [2.24, 2.45) is 5.73 Å². The number of likely N-dealkylation sites (tertiary alicyclic amines) is 1. The van der Waals surface area contributed by atoms with E-state index in [1.165, 1.54) is 85.6 Å². The van der Waals surface area contributed by atoms with Crippen LogP contribution in [0.15, 0.2) is 43.5 Å². The van der Waals surface area contributed by atoms with Crippen LogP contribution in [0, 0.1) is 6.92 Å². The van der Waals surface area contributed by atoms with Crippen molar-refractivity contribution in [3.8, 4) is 0 Å². The number of carbonyl (C=O) groups excluding carboxylic acids is 2. The monoisotopic (exact) mass is 465 g/mol. The highest BCUT2D eigenvalue weighted by atomic mass is 16.1. The first-order chi connectivity index (χ1) is 16.6. The van der Waals surface area contributed by atoms with E-state index in [4.69, 9.17) is 4.79 Å². The molecule has 1 aliphatic heterocycles. The van der Waals surface area contributed by atoms with Gasteiger partial charge in [-0.3, -0.25) is 9.69 Å². The van der Waals surface area contributed by atoms with Gasteiger partial charge in [-0.15, -0.1) is 13.2 Å². The van der Waals surface area contributed by atoms with Gasteiger partial charge in [-0.2, -0.15) is 0 Å². The Kier molecular flexibility index (Phi) is 13.7. The zero-order valence-electron chi connectivity index (χ0n) is 21.4. The third-order valence-corrected chi connectivity index (χ3v) is 6.25. The lowest BCUT2D eigenvalue weighted by molar-refractivity contribution is -0.114. The molecular weight excluding hydrogens is 422 g/mol. The molecule has 0 spiro atoms. The van der Waals surface area contributed by atoms with Crippen LogP contribution in [0.2, 0.25) is 0 Å². The quantitative estimate of drug-likeness (QED) is 0.625. The maximum Gasteiger partial charge on any atom is 0.221 e. The molecule has 5 rings (SSSR count). The third kappa shape index (κ3) is 8.23. The predicted molar refractivity (Wildman–Crippen MR) is 144 cm³/mol. The summed E-state index contributed by atoms with van der Waals surface area (Å²) in [5.74, 6) is 0.0643. The third-order valence-electron chi connectivity index (χ3n) is 6.25. The van der Waals surface area contributed by atoms with E-state index in [1.807, 2.05) is 6.79 Å². The smallest absolute Gasteiger partial charge is 0.221 e. The first-order valence-corrected chi connectivity index (χ1v) is 12.2. The molecule has 0 atom stereocenters. The summed E-state index contributed by atoms with van der Waals surface area (Å²) in [6.45, 7) is 15.4. The molecule has 0 saturated carbocycles. The van der Waals surface area contributed by atoms with Crippen molar-refractivity contribution >= 4 is 18.4 Å². The summed E-state index contributed by atoms with van der Waals surface area (Å²) in [4.78, 5) is 21.8. The van der Waals surface area contributed by atoms with Crippen LogP contribution < -0.4 is 11.1 Å². The highest BCUT2D eigenvalue weighted by Crippen LogP contribution is 2.38. The molecule has 1 saturated heterocycles. The fourth-order valence-electron chi connectivity index (χ4n) is 4.63. The summed E-state index contributed by atoms with van der Waals surface area (Å²) in [6.07, 6.45) is 8.52. The summed E-state index contributed by atoms with van der Waals surface area (Å²) >= 11 is 0. The first-order valence-electron chi connectivity index (χ1n) is 12.2. The molecule has 0 bridgehead atoms. The molecule has 0 radical (unpaired) electrons. The van der Waals surface area contributed by atoms with Gasteiger partial charge < -0.3 is 15.8 Å². The zero-order chi connectivity index (χ0) is 25.5. The van der Waals surface area contributed by atoms with Gasteiger partial charge in [0, 0.05) is 19.2 Å². The lowest BCUT2D eigenvalue weighted by atomic mass is 9.99. The number of nitrogens with two attached hydrogens (primary N) is 1. The van der Waals surface area contributed by atoms with Crippen LogP contribution in [0.25, 0.3) is 0 Å². The van der Waals surface area contributed by atoms with Crippen LogP contribution in [0.1, 0.15) is 59.6 Å². The molecule has 1 amide bonds. The number of carbonyl (C=O) groups is 2. The average Bonchev–Trinajstić information content (AvgIpc) is 3.51. The van der Waals surface area contributed by atoms with Gasteiger partial charge in [0.05, 0.1) is 0 Å². The molecule has 5 heteroatoms. The molecule has 1 heterocycles. The van der Waals surface area contributed by atoms with Crippen molar-refractivity contribution in [1.29, 1.82) is 0 Å². The molecule has 0 aromatic heterocycles. The van der Waals surface area contributed by atoms with Crippen molar-refractivity contribution in [2.45, 2.75) is 65.3 Å². The average molecular weight is 466 g/mol. The summed E-state index contributed by atoms with van der Waals surface area (Å²) < 4.78 is 0. The normalized spacial score (nSPS) is 14.6. The fourth-order valence-corrected chi connectivity index (χ4v) is 4.63. The Bertz CT molecular complexity index is 855. The highest BCUT2D eigenvalue weighted by Gasteiger charge is 2.24. The van der Waals surface area contributed by atoms with Crippen LogP contribution in [-0.2, 0) is 41.8 Å². The molecule has 1 fully saturated rings. The maximum absolute atomic E-state index is 11.3. The summed E-state index contributed by atoms with van der Waals surface area (Å²) in [5, 5.41) is 3.07. The topological polar surface area (TPSA) is 75.4 Å². The molecule has 2 aromatic rings. The van der Waals surface area contributed by atoms with Crippen molar-refractivity contribution in [3.05, 3.63) is 76.9 Å². The minimum absolute atomic E-state index is 0.0643. The standard InChI is InChI=1S/C14H17NO.C11H15N.C2H4.CH5N.CH2O/c1-9(16)15-14-12-6-2-4-10(12)8-11-5-3-7-13(11)14;1-10-3-5-11(6-4-10)9-12-7-2-8-12;3*1-2/h8H,2-7H2,1H3,(H,15,16);3-6H,2,7-9H2,1H3;1-2H2;2H2,1H3;1H2. The maximum atomic E-state index is 11.3. The lowest BCUT2D eigenvalue weighted by Gasteiger charge is -2.30. The Morgan fingerprint density at radius 3 is 1.82 bits per heavy atom. The van der Waals surface area contributed by atoms with E-state index in [1.54, 1.807) is 6.92 Å². The lowest BCUT2D eigenvalue weighted by Crippen LogP contribution is -2.36. The molecule has 5 nitrogen and oxygen atoms in total. The molecule has 3 aliphatic rings. The minimum atomic E-state index is 0.0643. The Morgan fingerprint density at radius 1 is 0.912 bits per heavy atom. The van der Waals surface area contributed by atoms with E-state index in [9.17, 15) is 4.79 Å². The van der Waals surface area contributed by atoms with Crippen LogP contribution >= 0.6 is 0 Å². The number of rotatable bonds is 3. The van der Waals surface area contributed by atoms with Gasteiger partial charge in [-0.1, -0.05) is 35.9 Å². The van der Waals surface area contributed by atoms with Crippen LogP contribution in [0.5, 0.6) is 0 Å². The van der Waals surface area contributed by atoms with E-state index in [-0.39, 0.29) is 5.91 Å². The SMILES string of the molecule is C=C.C=O.CC(=O)Nc1c2c(cc3c1CCC3)CCC2.CN.Cc1ccc(CN2CCC2)cc1. The number of amides is 1. The van der Waals surface area contributed by atoms with Crippen molar-refractivity contribution in [1.82, 2.24) is 4.90 Å². The van der Waals surface area contributed by atoms with Gasteiger partial charge in [0.2, 0.25) is 5.91 Å². The molecule has 0 unspecified atom stereocenters. The van der Waals surface area contributed by atoms with Crippen LogP contribution in [0.3, 0.4) is 0 Å². The van der Waals surface area contributed by atoms with Gasteiger partial charge in [0.25, 0.3) is 0 Å². The van der Waals surface area contributed by atoms with Gasteiger partial charge >= 0.3 is 0 Å². The minimum Gasteiger partial charge on any atom is -0.333 e. The number of nitrogens with zero attached hydrogens (tertiary/aromatic N) is 1. The van der Waals surface area contributed by atoms with Gasteiger partial charge in [0.1, 0.15) is 6.79 Å². The highest BCUT2D eigenvalue weighted by molar-refractivity contribution is 5.91. The fraction of sp³-hybridized carbons (Fsp3) is 0.448. The number of anilines is 1. The van der Waals surface area contributed by atoms with Crippen molar-refractivity contribution in [3.63, 3.8) is 0 Å². The van der Waals surface area contributed by atoms with Gasteiger partial charge in [0.15, 0.2) is 0 Å². The number of hydrogen-bond donors (Lipinski definition) is 2. The Morgan fingerprint density at radius 2 is 1.41 bits per heavy atom. The predicted octanol–water partition coefficient (Wildman–Crippen LogP) is 5.02. The summed E-state index contributed by atoms with van der Waals surface area (Å²) in [6, 6.07) is 11.2. The Labute approximate surface area is 206 Å². The summed E-state index contributed by atoms with van der Waals surface area (Å²) in [7, 11) is 1.50. The van der Waals surface area contributed by atoms with Crippen molar-refractivity contribution < 1.29 is 9.59 Å². The number of fused-ring (bicyclic) bond motifs is 2. The second-order valence-electron chi connectivity index (χ2n) is 8.53. The molecule has 3 N–H and O–H groups in total. The van der Waals surface area contributed by atoms with Crippen molar-refractivity contribution in [2.75, 3.05) is 25.5 Å². The van der Waals surface area contributed by atoms with E-state index >= 15 is 0 Å². The van der Waals surface area contributed by atoms with E-state index in [2.05, 4.69) is 66.4 Å².